The lowest BCUT2D eigenvalue weighted by atomic mass is 10.1. The molecule has 1 aliphatic rings. The van der Waals surface area contributed by atoms with E-state index in [0.717, 1.165) is 21.1 Å². The maximum atomic E-state index is 13.4. The Labute approximate surface area is 172 Å². The highest BCUT2D eigenvalue weighted by molar-refractivity contribution is 7.99. The molecule has 0 unspecified atom stereocenters. The third-order valence-corrected chi connectivity index (χ3v) is 5.80. The predicted octanol–water partition coefficient (Wildman–Crippen LogP) is 5.10. The molecule has 5 nitrogen and oxygen atoms in total. The summed E-state index contributed by atoms with van der Waals surface area (Å²) in [6.07, 6.45) is 0. The van der Waals surface area contributed by atoms with Gasteiger partial charge in [0.15, 0.2) is 0 Å². The van der Waals surface area contributed by atoms with Crippen LogP contribution in [0.2, 0.25) is 0 Å². The van der Waals surface area contributed by atoms with Crippen LogP contribution in [0.4, 0.5) is 5.69 Å². The van der Waals surface area contributed by atoms with Gasteiger partial charge in [-0.15, -0.1) is 0 Å². The van der Waals surface area contributed by atoms with Crippen LogP contribution >= 0.6 is 11.8 Å². The number of hydrogen-bond donors (Lipinski definition) is 1. The lowest BCUT2D eigenvalue weighted by molar-refractivity contribution is 0.0696. The van der Waals surface area contributed by atoms with Crippen molar-refractivity contribution in [1.29, 1.82) is 0 Å². The fourth-order valence-electron chi connectivity index (χ4n) is 3.25. The van der Waals surface area contributed by atoms with Gasteiger partial charge in [-0.05, 0) is 55.0 Å². The van der Waals surface area contributed by atoms with E-state index < -0.39 is 5.97 Å². The molecule has 0 spiro atoms. The van der Waals surface area contributed by atoms with Crippen molar-refractivity contribution >= 4 is 29.3 Å². The maximum Gasteiger partial charge on any atom is 0.335 e. The maximum absolute atomic E-state index is 13.4. The van der Waals surface area contributed by atoms with Crippen LogP contribution in [-0.4, -0.2) is 23.6 Å². The van der Waals surface area contributed by atoms with Crippen molar-refractivity contribution in [3.8, 4) is 5.75 Å². The van der Waals surface area contributed by atoms with Gasteiger partial charge in [0.1, 0.15) is 5.75 Å². The number of aromatic carboxylic acids is 1. The highest BCUT2D eigenvalue weighted by Gasteiger charge is 2.28. The van der Waals surface area contributed by atoms with Crippen molar-refractivity contribution in [3.63, 3.8) is 0 Å². The third kappa shape index (κ3) is 3.84. The summed E-state index contributed by atoms with van der Waals surface area (Å²) in [5.74, 6) is -0.399. The first-order valence-corrected chi connectivity index (χ1v) is 10.1. The molecule has 0 aromatic heterocycles. The summed E-state index contributed by atoms with van der Waals surface area (Å²) in [7, 11) is 0. The molecule has 0 radical (unpaired) electrons. The minimum absolute atomic E-state index is 0.150. The van der Waals surface area contributed by atoms with E-state index in [-0.39, 0.29) is 11.5 Å². The molecular weight excluding hydrogens is 386 g/mol. The lowest BCUT2D eigenvalue weighted by Crippen LogP contribution is -2.30. The van der Waals surface area contributed by atoms with Gasteiger partial charge in [-0.1, -0.05) is 36.0 Å². The van der Waals surface area contributed by atoms with E-state index in [4.69, 9.17) is 4.74 Å². The zero-order valence-electron chi connectivity index (χ0n) is 15.8. The third-order valence-electron chi connectivity index (χ3n) is 4.65. The van der Waals surface area contributed by atoms with Crippen LogP contribution in [0.5, 0.6) is 5.75 Å². The molecule has 4 rings (SSSR count). The topological polar surface area (TPSA) is 66.8 Å². The number of fused-ring (bicyclic) bond motifs is 2. The molecule has 0 saturated carbocycles. The van der Waals surface area contributed by atoms with Gasteiger partial charge in [-0.3, -0.25) is 4.79 Å². The van der Waals surface area contributed by atoms with E-state index >= 15 is 0 Å². The quantitative estimate of drug-likeness (QED) is 0.640. The number of carbonyl (C=O) groups excluding carboxylic acids is 1. The number of nitrogens with zero attached hydrogens (tertiary/aromatic N) is 1. The molecule has 3 aromatic rings. The van der Waals surface area contributed by atoms with Gasteiger partial charge in [0.05, 0.1) is 30.0 Å². The standard InChI is InChI=1S/C23H19NO4S/c1-2-28-17-10-7-15(8-11-17)14-24-19-13-16(23(26)27)9-12-21(19)29-20-6-4-3-5-18(20)22(24)25/h3-13H,2,14H2,1H3,(H,26,27). The fraction of sp³-hybridized carbons (Fsp3) is 0.130. The Morgan fingerprint density at radius 1 is 1.03 bits per heavy atom. The molecule has 0 fully saturated rings. The monoisotopic (exact) mass is 405 g/mol. The first-order valence-electron chi connectivity index (χ1n) is 9.24. The first-order chi connectivity index (χ1) is 14.1. The highest BCUT2D eigenvalue weighted by atomic mass is 32.2. The average molecular weight is 405 g/mol. The van der Waals surface area contributed by atoms with E-state index in [1.165, 1.54) is 11.8 Å². The van der Waals surface area contributed by atoms with E-state index in [9.17, 15) is 14.7 Å². The molecule has 1 heterocycles. The van der Waals surface area contributed by atoms with E-state index in [1.54, 1.807) is 29.2 Å². The molecule has 1 N–H and O–H groups in total. The second-order valence-electron chi connectivity index (χ2n) is 6.55. The summed E-state index contributed by atoms with van der Waals surface area (Å²) in [5.41, 5.74) is 2.29. The second kappa shape index (κ2) is 8.01. The van der Waals surface area contributed by atoms with Crippen molar-refractivity contribution in [1.82, 2.24) is 0 Å². The van der Waals surface area contributed by atoms with Crippen molar-refractivity contribution < 1.29 is 19.4 Å². The number of carboxylic acids is 1. The summed E-state index contributed by atoms with van der Waals surface area (Å²) in [4.78, 5) is 28.3. The van der Waals surface area contributed by atoms with Crippen molar-refractivity contribution in [3.05, 3.63) is 83.4 Å². The van der Waals surface area contributed by atoms with Crippen LogP contribution in [0.25, 0.3) is 0 Å². The normalized spacial score (nSPS) is 12.7. The van der Waals surface area contributed by atoms with Gasteiger partial charge in [0.2, 0.25) is 0 Å². The number of carbonyl (C=O) groups is 2. The molecule has 0 saturated heterocycles. The Balaban J connectivity index is 1.78. The van der Waals surface area contributed by atoms with Crippen LogP contribution in [0.3, 0.4) is 0 Å². The molecule has 146 valence electrons. The summed E-state index contributed by atoms with van der Waals surface area (Å²) >= 11 is 1.48. The van der Waals surface area contributed by atoms with Crippen molar-refractivity contribution in [2.75, 3.05) is 11.5 Å². The Kier molecular flexibility index (Phi) is 5.27. The van der Waals surface area contributed by atoms with E-state index in [2.05, 4.69) is 0 Å². The number of anilines is 1. The number of ether oxygens (including phenoxy) is 1. The Hall–Kier alpha value is -3.25. The summed E-state index contributed by atoms with van der Waals surface area (Å²) in [6, 6.07) is 19.9. The fourth-order valence-corrected chi connectivity index (χ4v) is 4.31. The highest BCUT2D eigenvalue weighted by Crippen LogP contribution is 2.42. The molecule has 0 atom stereocenters. The number of amides is 1. The van der Waals surface area contributed by atoms with E-state index in [1.807, 2.05) is 49.4 Å². The van der Waals surface area contributed by atoms with Crippen LogP contribution in [0.1, 0.15) is 33.2 Å². The van der Waals surface area contributed by atoms with Gasteiger partial charge >= 0.3 is 5.97 Å². The second-order valence-corrected chi connectivity index (χ2v) is 7.64. The van der Waals surface area contributed by atoms with Crippen molar-refractivity contribution in [2.45, 2.75) is 23.3 Å². The van der Waals surface area contributed by atoms with E-state index in [0.29, 0.717) is 24.4 Å². The number of hydrogen-bond acceptors (Lipinski definition) is 4. The zero-order valence-corrected chi connectivity index (χ0v) is 16.6. The minimum atomic E-state index is -1.02. The molecule has 6 heteroatoms. The molecule has 29 heavy (non-hydrogen) atoms. The number of carboxylic acid groups (broad SMARTS) is 1. The predicted molar refractivity (Wildman–Crippen MR) is 112 cm³/mol. The lowest BCUT2D eigenvalue weighted by Gasteiger charge is -2.23. The van der Waals surface area contributed by atoms with Gasteiger partial charge in [-0.2, -0.15) is 0 Å². The molecular formula is C23H19NO4S. The summed E-state index contributed by atoms with van der Waals surface area (Å²) in [5, 5.41) is 9.43. The zero-order chi connectivity index (χ0) is 20.4. The van der Waals surface area contributed by atoms with Crippen molar-refractivity contribution in [2.24, 2.45) is 0 Å². The Morgan fingerprint density at radius 3 is 2.52 bits per heavy atom. The van der Waals surface area contributed by atoms with Gasteiger partial charge in [0.25, 0.3) is 5.91 Å². The van der Waals surface area contributed by atoms with Gasteiger partial charge in [0, 0.05) is 9.79 Å². The van der Waals surface area contributed by atoms with Crippen LogP contribution in [0.15, 0.2) is 76.5 Å². The van der Waals surface area contributed by atoms with Crippen LogP contribution < -0.4 is 9.64 Å². The Morgan fingerprint density at radius 2 is 1.79 bits per heavy atom. The smallest absolute Gasteiger partial charge is 0.335 e. The number of benzene rings is 3. The van der Waals surface area contributed by atoms with Gasteiger partial charge in [-0.25, -0.2) is 4.79 Å². The summed E-state index contributed by atoms with van der Waals surface area (Å²) < 4.78 is 5.49. The average Bonchev–Trinajstić information content (AvgIpc) is 2.84. The summed E-state index contributed by atoms with van der Waals surface area (Å²) in [6.45, 7) is 2.84. The largest absolute Gasteiger partial charge is 0.494 e. The minimum Gasteiger partial charge on any atom is -0.494 e. The SMILES string of the molecule is CCOc1ccc(CN2C(=O)c3ccccc3Sc3ccc(C(=O)O)cc32)cc1. The van der Waals surface area contributed by atoms with Crippen LogP contribution in [0, 0.1) is 0 Å². The Bertz CT molecular complexity index is 1080. The van der Waals surface area contributed by atoms with Gasteiger partial charge < -0.3 is 14.7 Å². The van der Waals surface area contributed by atoms with Crippen LogP contribution in [-0.2, 0) is 6.54 Å². The molecule has 0 bridgehead atoms. The number of rotatable bonds is 5. The first kappa shape index (κ1) is 19.1. The molecule has 1 amide bonds. The molecule has 3 aromatic carbocycles. The molecule has 0 aliphatic carbocycles. The molecule has 1 aliphatic heterocycles.